The first-order chi connectivity index (χ1) is 10.6. The number of β-amino-alcohol motifs (C(OH)–C–C–N with tert-alkyl or cyclic N) is 1. The molecule has 5 nitrogen and oxygen atoms in total. The standard InChI is InChI=1S/C15H23ClN2O2.CH2O/c1-12(20)15-3-2-14(16)10-13(15)11-18-6-4-17(5-7-18)8-9-19;1-2/h2-3,10,12,19-20H,4-9,11H2,1H3;1H2. The molecule has 1 unspecified atom stereocenters. The molecule has 0 amide bonds. The van der Waals surface area contributed by atoms with Gasteiger partial charge >= 0.3 is 0 Å². The van der Waals surface area contributed by atoms with E-state index in [1.807, 2.05) is 25.0 Å². The lowest BCUT2D eigenvalue weighted by molar-refractivity contribution is -0.0979. The Balaban J connectivity index is 0.00000116. The second-order valence-corrected chi connectivity index (χ2v) is 5.80. The number of halogens is 1. The van der Waals surface area contributed by atoms with Gasteiger partial charge in [0.25, 0.3) is 0 Å². The Hall–Kier alpha value is -0.980. The zero-order chi connectivity index (χ0) is 16.5. The minimum atomic E-state index is -0.474. The van der Waals surface area contributed by atoms with Crippen molar-refractivity contribution in [3.05, 3.63) is 34.3 Å². The lowest BCUT2D eigenvalue weighted by Gasteiger charge is -2.34. The van der Waals surface area contributed by atoms with E-state index in [1.54, 1.807) is 6.92 Å². The maximum absolute atomic E-state index is 9.84. The first-order valence-electron chi connectivity index (χ1n) is 7.41. The van der Waals surface area contributed by atoms with E-state index in [9.17, 15) is 5.11 Å². The third kappa shape index (κ3) is 5.66. The summed E-state index contributed by atoms with van der Waals surface area (Å²) in [5.74, 6) is 0. The summed E-state index contributed by atoms with van der Waals surface area (Å²) < 4.78 is 0. The van der Waals surface area contributed by atoms with Crippen molar-refractivity contribution in [2.45, 2.75) is 19.6 Å². The van der Waals surface area contributed by atoms with Crippen LogP contribution in [0.5, 0.6) is 0 Å². The second kappa shape index (κ2) is 9.92. The number of piperazine rings is 1. The molecule has 0 aromatic heterocycles. The summed E-state index contributed by atoms with van der Waals surface area (Å²) in [6, 6.07) is 5.68. The van der Waals surface area contributed by atoms with Crippen LogP contribution in [0.25, 0.3) is 0 Å². The topological polar surface area (TPSA) is 64.0 Å². The molecule has 0 aliphatic carbocycles. The van der Waals surface area contributed by atoms with E-state index in [1.165, 1.54) is 0 Å². The number of hydrogen-bond donors (Lipinski definition) is 2. The molecule has 6 heteroatoms. The predicted molar refractivity (Wildman–Crippen MR) is 88.0 cm³/mol. The van der Waals surface area contributed by atoms with Gasteiger partial charge in [0.15, 0.2) is 0 Å². The fourth-order valence-corrected chi connectivity index (χ4v) is 2.87. The number of nitrogens with zero attached hydrogens (tertiary/aromatic N) is 2. The Morgan fingerprint density at radius 2 is 1.82 bits per heavy atom. The molecule has 1 aromatic carbocycles. The molecule has 0 radical (unpaired) electrons. The van der Waals surface area contributed by atoms with Crippen molar-refractivity contribution in [1.82, 2.24) is 9.80 Å². The quantitative estimate of drug-likeness (QED) is 0.853. The number of carbonyl (C=O) groups excluding carboxylic acids is 1. The van der Waals surface area contributed by atoms with Gasteiger partial charge in [0.1, 0.15) is 6.79 Å². The van der Waals surface area contributed by atoms with E-state index >= 15 is 0 Å². The lowest BCUT2D eigenvalue weighted by Crippen LogP contribution is -2.46. The van der Waals surface area contributed by atoms with Gasteiger partial charge in [0.05, 0.1) is 12.7 Å². The zero-order valence-electron chi connectivity index (χ0n) is 13.0. The van der Waals surface area contributed by atoms with Gasteiger partial charge in [-0.05, 0) is 30.2 Å². The lowest BCUT2D eigenvalue weighted by atomic mass is 10.0. The molecule has 22 heavy (non-hydrogen) atoms. The van der Waals surface area contributed by atoms with E-state index in [0.29, 0.717) is 5.02 Å². The van der Waals surface area contributed by atoms with E-state index < -0.39 is 6.10 Å². The predicted octanol–water partition coefficient (Wildman–Crippen LogP) is 1.32. The SMILES string of the molecule is C=O.CC(O)c1ccc(Cl)cc1CN1CCN(CCO)CC1. The van der Waals surface area contributed by atoms with Crippen LogP contribution < -0.4 is 0 Å². The molecule has 1 atom stereocenters. The van der Waals surface area contributed by atoms with Gasteiger partial charge in [-0.15, -0.1) is 0 Å². The maximum atomic E-state index is 9.84. The van der Waals surface area contributed by atoms with Crippen molar-refractivity contribution >= 4 is 18.4 Å². The smallest absolute Gasteiger partial charge is 0.106 e. The molecular weight excluding hydrogens is 304 g/mol. The number of aliphatic hydroxyl groups is 2. The summed E-state index contributed by atoms with van der Waals surface area (Å²) in [5, 5.41) is 19.5. The van der Waals surface area contributed by atoms with Crippen LogP contribution in [0.15, 0.2) is 18.2 Å². The van der Waals surface area contributed by atoms with Crippen molar-refractivity contribution < 1.29 is 15.0 Å². The molecule has 1 aliphatic rings. The van der Waals surface area contributed by atoms with Crippen molar-refractivity contribution in [3.8, 4) is 0 Å². The van der Waals surface area contributed by atoms with Crippen LogP contribution >= 0.6 is 11.6 Å². The fourth-order valence-electron chi connectivity index (χ4n) is 2.67. The van der Waals surface area contributed by atoms with Crippen LogP contribution in [0, 0.1) is 0 Å². The highest BCUT2D eigenvalue weighted by molar-refractivity contribution is 6.30. The van der Waals surface area contributed by atoms with Crippen molar-refractivity contribution in [1.29, 1.82) is 0 Å². The molecule has 1 aromatic rings. The zero-order valence-corrected chi connectivity index (χ0v) is 13.8. The maximum Gasteiger partial charge on any atom is 0.106 e. The summed E-state index contributed by atoms with van der Waals surface area (Å²) >= 11 is 6.07. The summed E-state index contributed by atoms with van der Waals surface area (Å²) in [6.45, 7) is 9.48. The highest BCUT2D eigenvalue weighted by Gasteiger charge is 2.18. The summed E-state index contributed by atoms with van der Waals surface area (Å²) in [4.78, 5) is 12.6. The first kappa shape index (κ1) is 19.1. The van der Waals surface area contributed by atoms with E-state index in [0.717, 1.165) is 50.4 Å². The number of carbonyl (C=O) groups is 1. The van der Waals surface area contributed by atoms with Gasteiger partial charge in [-0.3, -0.25) is 9.80 Å². The molecular formula is C16H25ClN2O3. The number of hydrogen-bond acceptors (Lipinski definition) is 5. The third-order valence-corrected chi connectivity index (χ3v) is 4.07. The van der Waals surface area contributed by atoms with Crippen molar-refractivity contribution in [3.63, 3.8) is 0 Å². The normalized spacial score (nSPS) is 17.6. The number of rotatable bonds is 5. The second-order valence-electron chi connectivity index (χ2n) is 5.36. The average Bonchev–Trinajstić information content (AvgIpc) is 2.51. The van der Waals surface area contributed by atoms with Gasteiger partial charge in [0.2, 0.25) is 0 Å². The van der Waals surface area contributed by atoms with Crippen LogP contribution in [0.2, 0.25) is 5.02 Å². The molecule has 1 fully saturated rings. The van der Waals surface area contributed by atoms with Crippen molar-refractivity contribution in [2.75, 3.05) is 39.3 Å². The van der Waals surface area contributed by atoms with Crippen LogP contribution in [0.4, 0.5) is 0 Å². The van der Waals surface area contributed by atoms with Crippen molar-refractivity contribution in [2.24, 2.45) is 0 Å². The molecule has 0 saturated carbocycles. The average molecular weight is 329 g/mol. The third-order valence-electron chi connectivity index (χ3n) is 3.83. The minimum Gasteiger partial charge on any atom is -0.395 e. The molecule has 2 rings (SSSR count). The molecule has 0 bridgehead atoms. The monoisotopic (exact) mass is 328 g/mol. The summed E-state index contributed by atoms with van der Waals surface area (Å²) in [6.07, 6.45) is -0.474. The first-order valence-corrected chi connectivity index (χ1v) is 7.79. The molecule has 1 saturated heterocycles. The van der Waals surface area contributed by atoms with Gasteiger partial charge in [-0.1, -0.05) is 17.7 Å². The summed E-state index contributed by atoms with van der Waals surface area (Å²) in [5.41, 5.74) is 2.05. The Morgan fingerprint density at radius 1 is 1.23 bits per heavy atom. The van der Waals surface area contributed by atoms with Crippen LogP contribution in [-0.2, 0) is 11.3 Å². The number of aliphatic hydroxyl groups excluding tert-OH is 2. The Kier molecular flexibility index (Phi) is 8.60. The Labute approximate surface area is 137 Å². The van der Waals surface area contributed by atoms with E-state index in [2.05, 4.69) is 9.80 Å². The molecule has 1 aliphatic heterocycles. The molecule has 0 spiro atoms. The minimum absolute atomic E-state index is 0.223. The van der Waals surface area contributed by atoms with Gasteiger partial charge in [-0.2, -0.15) is 0 Å². The number of benzene rings is 1. The highest BCUT2D eigenvalue weighted by atomic mass is 35.5. The van der Waals surface area contributed by atoms with Crippen LogP contribution in [0.1, 0.15) is 24.2 Å². The van der Waals surface area contributed by atoms with Gasteiger partial charge in [0, 0.05) is 44.3 Å². The van der Waals surface area contributed by atoms with E-state index in [-0.39, 0.29) is 6.61 Å². The van der Waals surface area contributed by atoms with Crippen LogP contribution in [-0.4, -0.2) is 66.1 Å². The molecule has 1 heterocycles. The fraction of sp³-hybridized carbons (Fsp3) is 0.562. The molecule has 2 N–H and O–H groups in total. The molecule has 124 valence electrons. The van der Waals surface area contributed by atoms with Gasteiger partial charge < -0.3 is 15.0 Å². The highest BCUT2D eigenvalue weighted by Crippen LogP contribution is 2.23. The Bertz CT molecular complexity index is 449. The van der Waals surface area contributed by atoms with Gasteiger partial charge in [-0.25, -0.2) is 0 Å². The van der Waals surface area contributed by atoms with Crippen LogP contribution in [0.3, 0.4) is 0 Å². The Morgan fingerprint density at radius 3 is 2.36 bits per heavy atom. The summed E-state index contributed by atoms with van der Waals surface area (Å²) in [7, 11) is 0. The van der Waals surface area contributed by atoms with E-state index in [4.69, 9.17) is 21.5 Å². The largest absolute Gasteiger partial charge is 0.395 e.